The lowest BCUT2D eigenvalue weighted by molar-refractivity contribution is 0.0651. The molecule has 1 heterocycles. The van der Waals surface area contributed by atoms with E-state index in [-0.39, 0.29) is 5.54 Å². The molecule has 0 spiro atoms. The Bertz CT molecular complexity index is 450. The van der Waals surface area contributed by atoms with Crippen LogP contribution in [-0.2, 0) is 0 Å². The van der Waals surface area contributed by atoms with E-state index < -0.39 is 0 Å². The quantitative estimate of drug-likeness (QED) is 0.864. The average Bonchev–Trinajstić information content (AvgIpc) is 2.47. The normalized spacial score (nSPS) is 19.8. The summed E-state index contributed by atoms with van der Waals surface area (Å²) in [5, 5.41) is 0. The Labute approximate surface area is 127 Å². The number of thiocarbonyl (C=S) groups is 1. The maximum Gasteiger partial charge on any atom is 0.0928 e. The maximum atomic E-state index is 5.86. The molecule has 0 amide bonds. The zero-order valence-electron chi connectivity index (χ0n) is 12.7. The van der Waals surface area contributed by atoms with Gasteiger partial charge in [0, 0.05) is 32.2 Å². The first-order valence-electron chi connectivity index (χ1n) is 7.27. The fourth-order valence-electron chi connectivity index (χ4n) is 2.77. The van der Waals surface area contributed by atoms with Gasteiger partial charge in [0.1, 0.15) is 0 Å². The highest BCUT2D eigenvalue weighted by atomic mass is 32.1. The van der Waals surface area contributed by atoms with Crippen LogP contribution in [-0.4, -0.2) is 46.5 Å². The zero-order valence-corrected chi connectivity index (χ0v) is 13.5. The van der Waals surface area contributed by atoms with Crippen LogP contribution in [0, 0.1) is 0 Å². The summed E-state index contributed by atoms with van der Waals surface area (Å²) in [5.41, 5.74) is 7.06. The SMILES string of the molecule is CC(c1ccccc1)N1CCN(C(C)(C)C(N)=S)CC1. The third-order valence-electron chi connectivity index (χ3n) is 4.54. The number of piperazine rings is 1. The highest BCUT2D eigenvalue weighted by Gasteiger charge is 2.33. The van der Waals surface area contributed by atoms with E-state index in [0.717, 1.165) is 26.2 Å². The third-order valence-corrected chi connectivity index (χ3v) is 5.04. The van der Waals surface area contributed by atoms with Crippen LogP contribution in [0.5, 0.6) is 0 Å². The number of rotatable bonds is 4. The summed E-state index contributed by atoms with van der Waals surface area (Å²) in [7, 11) is 0. The fraction of sp³-hybridized carbons (Fsp3) is 0.562. The molecule has 0 radical (unpaired) electrons. The first-order valence-corrected chi connectivity index (χ1v) is 7.67. The molecule has 1 aromatic carbocycles. The van der Waals surface area contributed by atoms with Crippen molar-refractivity contribution in [3.05, 3.63) is 35.9 Å². The Kier molecular flexibility index (Phi) is 4.78. The van der Waals surface area contributed by atoms with E-state index in [1.165, 1.54) is 5.56 Å². The molecule has 1 fully saturated rings. The van der Waals surface area contributed by atoms with Gasteiger partial charge in [-0.1, -0.05) is 42.5 Å². The summed E-state index contributed by atoms with van der Waals surface area (Å²) in [6, 6.07) is 11.2. The molecule has 1 saturated heterocycles. The second-order valence-electron chi connectivity index (χ2n) is 6.03. The summed E-state index contributed by atoms with van der Waals surface area (Å²) in [4.78, 5) is 5.51. The summed E-state index contributed by atoms with van der Waals surface area (Å²) in [6.45, 7) is 10.7. The van der Waals surface area contributed by atoms with Gasteiger partial charge in [-0.2, -0.15) is 0 Å². The van der Waals surface area contributed by atoms with Gasteiger partial charge in [0.15, 0.2) is 0 Å². The van der Waals surface area contributed by atoms with Crippen LogP contribution in [0.25, 0.3) is 0 Å². The lowest BCUT2D eigenvalue weighted by Gasteiger charge is -2.45. The number of nitrogens with two attached hydrogens (primary N) is 1. The van der Waals surface area contributed by atoms with Crippen molar-refractivity contribution in [3.8, 4) is 0 Å². The van der Waals surface area contributed by atoms with E-state index >= 15 is 0 Å². The fourth-order valence-corrected chi connectivity index (χ4v) is 2.90. The molecule has 3 nitrogen and oxygen atoms in total. The third kappa shape index (κ3) is 3.19. The molecule has 2 N–H and O–H groups in total. The molecular weight excluding hydrogens is 266 g/mol. The van der Waals surface area contributed by atoms with Crippen molar-refractivity contribution >= 4 is 17.2 Å². The first kappa shape index (κ1) is 15.4. The molecule has 20 heavy (non-hydrogen) atoms. The molecule has 110 valence electrons. The second kappa shape index (κ2) is 6.20. The van der Waals surface area contributed by atoms with E-state index in [1.54, 1.807) is 0 Å². The lowest BCUT2D eigenvalue weighted by atomic mass is 10.0. The monoisotopic (exact) mass is 291 g/mol. The van der Waals surface area contributed by atoms with Gasteiger partial charge in [0.2, 0.25) is 0 Å². The Morgan fingerprint density at radius 1 is 1.15 bits per heavy atom. The molecule has 2 rings (SSSR count). The summed E-state index contributed by atoms with van der Waals surface area (Å²) in [6.07, 6.45) is 0. The highest BCUT2D eigenvalue weighted by molar-refractivity contribution is 7.80. The van der Waals surface area contributed by atoms with Gasteiger partial charge in [-0.15, -0.1) is 0 Å². The van der Waals surface area contributed by atoms with Crippen molar-refractivity contribution in [2.75, 3.05) is 26.2 Å². The van der Waals surface area contributed by atoms with Crippen molar-refractivity contribution in [2.45, 2.75) is 32.4 Å². The Morgan fingerprint density at radius 2 is 1.70 bits per heavy atom. The maximum absolute atomic E-state index is 5.86. The summed E-state index contributed by atoms with van der Waals surface area (Å²) >= 11 is 5.19. The van der Waals surface area contributed by atoms with E-state index in [9.17, 15) is 0 Å². The standard InChI is InChI=1S/C16H25N3S/c1-13(14-7-5-4-6-8-14)18-9-11-19(12-10-18)16(2,3)15(17)20/h4-8,13H,9-12H2,1-3H3,(H2,17,20). The van der Waals surface area contributed by atoms with E-state index in [2.05, 4.69) is 60.9 Å². The summed E-state index contributed by atoms with van der Waals surface area (Å²) < 4.78 is 0. The Hall–Kier alpha value is -0.970. The molecule has 0 saturated carbocycles. The Morgan fingerprint density at radius 3 is 2.20 bits per heavy atom. The average molecular weight is 291 g/mol. The molecule has 1 aliphatic heterocycles. The van der Waals surface area contributed by atoms with Gasteiger partial charge in [-0.25, -0.2) is 0 Å². The molecule has 0 bridgehead atoms. The molecular formula is C16H25N3S. The van der Waals surface area contributed by atoms with E-state index in [1.807, 2.05) is 0 Å². The van der Waals surface area contributed by atoms with E-state index in [0.29, 0.717) is 11.0 Å². The van der Waals surface area contributed by atoms with Crippen molar-refractivity contribution < 1.29 is 0 Å². The predicted molar refractivity (Wildman–Crippen MR) is 88.9 cm³/mol. The minimum absolute atomic E-state index is 0.183. The molecule has 1 atom stereocenters. The number of hydrogen-bond donors (Lipinski definition) is 1. The van der Waals surface area contributed by atoms with Gasteiger partial charge < -0.3 is 5.73 Å². The molecule has 0 aromatic heterocycles. The van der Waals surface area contributed by atoms with Crippen LogP contribution in [0.2, 0.25) is 0 Å². The van der Waals surface area contributed by atoms with Crippen LogP contribution in [0.3, 0.4) is 0 Å². The number of nitrogens with zero attached hydrogens (tertiary/aromatic N) is 2. The van der Waals surface area contributed by atoms with Gasteiger partial charge in [0.05, 0.1) is 10.5 Å². The van der Waals surface area contributed by atoms with Gasteiger partial charge in [-0.05, 0) is 26.3 Å². The smallest absolute Gasteiger partial charge is 0.0928 e. The second-order valence-corrected chi connectivity index (χ2v) is 6.47. The van der Waals surface area contributed by atoms with Crippen molar-refractivity contribution in [1.29, 1.82) is 0 Å². The van der Waals surface area contributed by atoms with Crippen LogP contribution in [0.15, 0.2) is 30.3 Å². The van der Waals surface area contributed by atoms with E-state index in [4.69, 9.17) is 18.0 Å². The van der Waals surface area contributed by atoms with Gasteiger partial charge in [-0.3, -0.25) is 9.80 Å². The van der Waals surface area contributed by atoms with Crippen LogP contribution in [0.1, 0.15) is 32.4 Å². The topological polar surface area (TPSA) is 32.5 Å². The van der Waals surface area contributed by atoms with Crippen LogP contribution < -0.4 is 5.73 Å². The van der Waals surface area contributed by atoms with Crippen molar-refractivity contribution in [2.24, 2.45) is 5.73 Å². The molecule has 1 aromatic rings. The number of benzene rings is 1. The molecule has 1 aliphatic rings. The summed E-state index contributed by atoms with van der Waals surface area (Å²) in [5.74, 6) is 0. The number of hydrogen-bond acceptors (Lipinski definition) is 3. The van der Waals surface area contributed by atoms with Crippen LogP contribution >= 0.6 is 12.2 Å². The lowest BCUT2D eigenvalue weighted by Crippen LogP contribution is -2.59. The predicted octanol–water partition coefficient (Wildman–Crippen LogP) is 2.43. The molecule has 4 heteroatoms. The molecule has 1 unspecified atom stereocenters. The van der Waals surface area contributed by atoms with Gasteiger partial charge >= 0.3 is 0 Å². The van der Waals surface area contributed by atoms with Crippen molar-refractivity contribution in [3.63, 3.8) is 0 Å². The van der Waals surface area contributed by atoms with Crippen LogP contribution in [0.4, 0.5) is 0 Å². The minimum atomic E-state index is -0.183. The largest absolute Gasteiger partial charge is 0.392 e. The first-order chi connectivity index (χ1) is 9.43. The van der Waals surface area contributed by atoms with Crippen molar-refractivity contribution in [1.82, 2.24) is 9.80 Å². The zero-order chi connectivity index (χ0) is 14.8. The Balaban J connectivity index is 1.96. The molecule has 0 aliphatic carbocycles. The highest BCUT2D eigenvalue weighted by Crippen LogP contribution is 2.24. The van der Waals surface area contributed by atoms with Gasteiger partial charge in [0.25, 0.3) is 0 Å². The minimum Gasteiger partial charge on any atom is -0.392 e.